The molecular formula is C23H28N2O5. The molecule has 0 bridgehead atoms. The van der Waals surface area contributed by atoms with Crippen LogP contribution in [0.15, 0.2) is 48.5 Å². The highest BCUT2D eigenvalue weighted by Crippen LogP contribution is 2.13. The number of anilines is 1. The first-order chi connectivity index (χ1) is 14.3. The van der Waals surface area contributed by atoms with Gasteiger partial charge in [0.15, 0.2) is 6.61 Å². The zero-order valence-electron chi connectivity index (χ0n) is 17.7. The second-order valence-electron chi connectivity index (χ2n) is 7.13. The summed E-state index contributed by atoms with van der Waals surface area (Å²) in [7, 11) is 1.54. The quantitative estimate of drug-likeness (QED) is 0.617. The van der Waals surface area contributed by atoms with Crippen molar-refractivity contribution >= 4 is 23.5 Å². The predicted molar refractivity (Wildman–Crippen MR) is 114 cm³/mol. The molecule has 1 atom stereocenters. The van der Waals surface area contributed by atoms with Crippen molar-refractivity contribution in [2.75, 3.05) is 19.0 Å². The molecule has 0 fully saturated rings. The summed E-state index contributed by atoms with van der Waals surface area (Å²) in [6.07, 6.45) is 0.907. The number of esters is 1. The van der Waals surface area contributed by atoms with Gasteiger partial charge in [0.05, 0.1) is 7.11 Å². The first-order valence-corrected chi connectivity index (χ1v) is 9.84. The molecule has 0 unspecified atom stereocenters. The summed E-state index contributed by atoms with van der Waals surface area (Å²) in [6, 6.07) is 13.1. The van der Waals surface area contributed by atoms with Crippen LogP contribution in [-0.4, -0.2) is 37.5 Å². The van der Waals surface area contributed by atoms with Gasteiger partial charge in [-0.25, -0.2) is 4.79 Å². The normalized spacial score (nSPS) is 11.5. The minimum Gasteiger partial charge on any atom is -0.497 e. The molecule has 30 heavy (non-hydrogen) atoms. The highest BCUT2D eigenvalue weighted by atomic mass is 16.5. The van der Waals surface area contributed by atoms with Crippen molar-refractivity contribution < 1.29 is 23.9 Å². The van der Waals surface area contributed by atoms with Crippen LogP contribution in [0.4, 0.5) is 5.69 Å². The SMILES string of the molecule is CCc1ccc(NC(=O)COC(=O)[C@@H](NC(=O)c2ccc(OC)cc2)C(C)C)cc1. The van der Waals surface area contributed by atoms with E-state index < -0.39 is 30.4 Å². The molecule has 0 spiro atoms. The minimum atomic E-state index is -0.878. The van der Waals surface area contributed by atoms with Gasteiger partial charge in [0, 0.05) is 11.3 Å². The number of rotatable bonds is 9. The van der Waals surface area contributed by atoms with Gasteiger partial charge in [0.25, 0.3) is 11.8 Å². The average Bonchev–Trinajstić information content (AvgIpc) is 2.76. The number of aryl methyl sites for hydroxylation is 1. The van der Waals surface area contributed by atoms with E-state index in [1.807, 2.05) is 19.1 Å². The fourth-order valence-electron chi connectivity index (χ4n) is 2.71. The Morgan fingerprint density at radius 1 is 0.967 bits per heavy atom. The van der Waals surface area contributed by atoms with Crippen molar-refractivity contribution in [3.63, 3.8) is 0 Å². The predicted octanol–water partition coefficient (Wildman–Crippen LogP) is 3.19. The number of hydrogen-bond donors (Lipinski definition) is 2. The Balaban J connectivity index is 1.90. The number of methoxy groups -OCH3 is 1. The zero-order chi connectivity index (χ0) is 22.1. The molecule has 0 aliphatic carbocycles. The van der Waals surface area contributed by atoms with E-state index in [9.17, 15) is 14.4 Å². The molecule has 2 rings (SSSR count). The molecule has 0 aliphatic rings. The summed E-state index contributed by atoms with van der Waals surface area (Å²) in [5.41, 5.74) is 2.18. The number of nitrogens with one attached hydrogen (secondary N) is 2. The Morgan fingerprint density at radius 2 is 1.60 bits per heavy atom. The number of benzene rings is 2. The fraction of sp³-hybridized carbons (Fsp3) is 0.348. The van der Waals surface area contributed by atoms with Crippen molar-refractivity contribution in [2.45, 2.75) is 33.2 Å². The van der Waals surface area contributed by atoms with Gasteiger partial charge in [-0.1, -0.05) is 32.9 Å². The molecule has 0 saturated carbocycles. The third-order valence-electron chi connectivity index (χ3n) is 4.55. The van der Waals surface area contributed by atoms with Crippen LogP contribution >= 0.6 is 0 Å². The largest absolute Gasteiger partial charge is 0.497 e. The lowest BCUT2D eigenvalue weighted by Gasteiger charge is -2.21. The summed E-state index contributed by atoms with van der Waals surface area (Å²) in [4.78, 5) is 37.0. The molecular weight excluding hydrogens is 384 g/mol. The molecule has 7 nitrogen and oxygen atoms in total. The summed E-state index contributed by atoms with van der Waals surface area (Å²) in [6.45, 7) is 5.19. The van der Waals surface area contributed by atoms with E-state index in [2.05, 4.69) is 10.6 Å². The van der Waals surface area contributed by atoms with Gasteiger partial charge in [-0.2, -0.15) is 0 Å². The van der Waals surface area contributed by atoms with Crippen molar-refractivity contribution in [2.24, 2.45) is 5.92 Å². The maximum atomic E-state index is 12.5. The van der Waals surface area contributed by atoms with Crippen LogP contribution in [-0.2, 0) is 20.7 Å². The van der Waals surface area contributed by atoms with Crippen LogP contribution < -0.4 is 15.4 Å². The monoisotopic (exact) mass is 412 g/mol. The van der Waals surface area contributed by atoms with E-state index in [1.165, 1.54) is 7.11 Å². The highest BCUT2D eigenvalue weighted by molar-refractivity contribution is 5.97. The van der Waals surface area contributed by atoms with Crippen LogP contribution in [0.1, 0.15) is 36.7 Å². The van der Waals surface area contributed by atoms with E-state index in [1.54, 1.807) is 50.2 Å². The Kier molecular flexibility index (Phi) is 8.41. The van der Waals surface area contributed by atoms with Gasteiger partial charge in [-0.3, -0.25) is 9.59 Å². The second kappa shape index (κ2) is 11.0. The Labute approximate surface area is 176 Å². The van der Waals surface area contributed by atoms with Crippen LogP contribution in [0.5, 0.6) is 5.75 Å². The van der Waals surface area contributed by atoms with E-state index in [0.29, 0.717) is 17.0 Å². The van der Waals surface area contributed by atoms with E-state index in [4.69, 9.17) is 9.47 Å². The molecule has 2 aromatic carbocycles. The standard InChI is InChI=1S/C23H28N2O5/c1-5-16-6-10-18(11-7-16)24-20(26)14-30-23(28)21(15(2)3)25-22(27)17-8-12-19(29-4)13-9-17/h6-13,15,21H,5,14H2,1-4H3,(H,24,26)(H,25,27)/t21-/m0/s1. The lowest BCUT2D eigenvalue weighted by atomic mass is 10.0. The number of carbonyl (C=O) groups excluding carboxylic acids is 3. The first-order valence-electron chi connectivity index (χ1n) is 9.84. The topological polar surface area (TPSA) is 93.7 Å². The molecule has 0 saturated heterocycles. The Hall–Kier alpha value is -3.35. The van der Waals surface area contributed by atoms with E-state index in [-0.39, 0.29) is 5.92 Å². The molecule has 2 aromatic rings. The van der Waals surface area contributed by atoms with E-state index >= 15 is 0 Å². The van der Waals surface area contributed by atoms with Crippen LogP contribution in [0.25, 0.3) is 0 Å². The number of ether oxygens (including phenoxy) is 2. The van der Waals surface area contributed by atoms with Crippen LogP contribution in [0.3, 0.4) is 0 Å². The maximum absolute atomic E-state index is 12.5. The minimum absolute atomic E-state index is 0.218. The summed E-state index contributed by atoms with van der Waals surface area (Å²) in [5.74, 6) is -1.11. The Morgan fingerprint density at radius 3 is 2.13 bits per heavy atom. The van der Waals surface area contributed by atoms with Crippen molar-refractivity contribution in [3.8, 4) is 5.75 Å². The lowest BCUT2D eigenvalue weighted by molar-refractivity contribution is -0.150. The van der Waals surface area contributed by atoms with Gasteiger partial charge >= 0.3 is 5.97 Å². The number of carbonyl (C=O) groups is 3. The third-order valence-corrected chi connectivity index (χ3v) is 4.55. The first kappa shape index (κ1) is 22.9. The van der Waals surface area contributed by atoms with E-state index in [0.717, 1.165) is 12.0 Å². The van der Waals surface area contributed by atoms with Crippen molar-refractivity contribution in [1.82, 2.24) is 5.32 Å². The van der Waals surface area contributed by atoms with Crippen molar-refractivity contribution in [1.29, 1.82) is 0 Å². The molecule has 0 heterocycles. The molecule has 2 amide bonds. The molecule has 0 aromatic heterocycles. The molecule has 160 valence electrons. The molecule has 2 N–H and O–H groups in total. The van der Waals surface area contributed by atoms with Crippen LogP contribution in [0.2, 0.25) is 0 Å². The maximum Gasteiger partial charge on any atom is 0.329 e. The van der Waals surface area contributed by atoms with Gasteiger partial charge in [0.2, 0.25) is 0 Å². The van der Waals surface area contributed by atoms with Gasteiger partial charge < -0.3 is 20.1 Å². The molecule has 7 heteroatoms. The summed E-state index contributed by atoms with van der Waals surface area (Å²) >= 11 is 0. The highest BCUT2D eigenvalue weighted by Gasteiger charge is 2.26. The van der Waals surface area contributed by atoms with Gasteiger partial charge in [0.1, 0.15) is 11.8 Å². The third kappa shape index (κ3) is 6.62. The fourth-order valence-corrected chi connectivity index (χ4v) is 2.71. The number of amides is 2. The zero-order valence-corrected chi connectivity index (χ0v) is 17.7. The lowest BCUT2D eigenvalue weighted by Crippen LogP contribution is -2.45. The smallest absolute Gasteiger partial charge is 0.329 e. The Bertz CT molecular complexity index is 860. The number of hydrogen-bond acceptors (Lipinski definition) is 5. The molecule has 0 radical (unpaired) electrons. The molecule has 0 aliphatic heterocycles. The summed E-state index contributed by atoms with van der Waals surface area (Å²) < 4.78 is 10.2. The second-order valence-corrected chi connectivity index (χ2v) is 7.13. The van der Waals surface area contributed by atoms with Gasteiger partial charge in [-0.05, 0) is 54.3 Å². The average molecular weight is 412 g/mol. The summed E-state index contributed by atoms with van der Waals surface area (Å²) in [5, 5.41) is 5.35. The van der Waals surface area contributed by atoms with Crippen molar-refractivity contribution in [3.05, 3.63) is 59.7 Å². The van der Waals surface area contributed by atoms with Crippen LogP contribution in [0, 0.1) is 5.92 Å². The van der Waals surface area contributed by atoms with Gasteiger partial charge in [-0.15, -0.1) is 0 Å².